The van der Waals surface area contributed by atoms with Crippen LogP contribution in [0.2, 0.25) is 5.02 Å². The van der Waals surface area contributed by atoms with E-state index in [0.717, 1.165) is 33.2 Å². The van der Waals surface area contributed by atoms with Gasteiger partial charge in [-0.1, -0.05) is 48.0 Å². The molecule has 5 heteroatoms. The molecule has 0 amide bonds. The van der Waals surface area contributed by atoms with Gasteiger partial charge in [0.1, 0.15) is 5.71 Å². The molecule has 0 radical (unpaired) electrons. The van der Waals surface area contributed by atoms with E-state index < -0.39 is 0 Å². The van der Waals surface area contributed by atoms with E-state index in [1.807, 2.05) is 66.0 Å². The second-order valence-corrected chi connectivity index (χ2v) is 6.42. The summed E-state index contributed by atoms with van der Waals surface area (Å²) >= 11 is 7.83. The molecule has 0 fully saturated rings. The zero-order valence-corrected chi connectivity index (χ0v) is 13.6. The lowest BCUT2D eigenvalue weighted by molar-refractivity contribution is 1.03. The molecule has 4 rings (SSSR count). The molecule has 2 aromatic carbocycles. The van der Waals surface area contributed by atoms with Crippen molar-refractivity contribution in [3.63, 3.8) is 0 Å². The van der Waals surface area contributed by atoms with E-state index in [4.69, 9.17) is 16.6 Å². The van der Waals surface area contributed by atoms with Gasteiger partial charge >= 0.3 is 0 Å². The minimum absolute atomic E-state index is 0.673. The highest BCUT2D eigenvalue weighted by atomic mass is 35.5. The first-order chi connectivity index (χ1) is 11.3. The number of rotatable bonds is 2. The van der Waals surface area contributed by atoms with Gasteiger partial charge in [0.25, 0.3) is 0 Å². The molecule has 3 nitrogen and oxygen atoms in total. The molecule has 0 unspecified atom stereocenters. The Labute approximate surface area is 143 Å². The highest BCUT2D eigenvalue weighted by Gasteiger charge is 2.18. The largest absolute Gasteiger partial charge is 0.260 e. The van der Waals surface area contributed by atoms with Crippen LogP contribution in [0.4, 0.5) is 5.69 Å². The summed E-state index contributed by atoms with van der Waals surface area (Å²) in [4.78, 5) is 5.82. The van der Waals surface area contributed by atoms with Crippen LogP contribution >= 0.6 is 22.9 Å². The zero-order chi connectivity index (χ0) is 15.6. The molecule has 0 aliphatic carbocycles. The van der Waals surface area contributed by atoms with Crippen molar-refractivity contribution < 1.29 is 0 Å². The zero-order valence-electron chi connectivity index (χ0n) is 12.0. The molecule has 1 aliphatic heterocycles. The topological polar surface area (TPSA) is 36.8 Å². The van der Waals surface area contributed by atoms with Crippen LogP contribution in [-0.2, 0) is 0 Å². The van der Waals surface area contributed by atoms with Gasteiger partial charge in [0.05, 0.1) is 10.6 Å². The Kier molecular flexibility index (Phi) is 3.69. The third-order valence-electron chi connectivity index (χ3n) is 3.52. The number of nitrogens with zero attached hydrogens (tertiary/aromatic N) is 2. The quantitative estimate of drug-likeness (QED) is 0.714. The fourth-order valence-electron chi connectivity index (χ4n) is 2.44. The lowest BCUT2D eigenvalue weighted by Gasteiger charge is -2.05. The standard InChI is InChI=1S/C18H12ClN3S/c19-13-8-9-15-14(11-13)17(16-7-4-10-23-16)21-22-18(20-15)12-5-2-1-3-6-12/h1-11H,(H,20,22). The first-order valence-electron chi connectivity index (χ1n) is 7.13. The first-order valence-corrected chi connectivity index (χ1v) is 8.38. The fourth-order valence-corrected chi connectivity index (χ4v) is 3.34. The van der Waals surface area contributed by atoms with E-state index in [9.17, 15) is 0 Å². The molecule has 0 spiro atoms. The van der Waals surface area contributed by atoms with Crippen molar-refractivity contribution in [1.82, 2.24) is 5.43 Å². The number of fused-ring (bicyclic) bond motifs is 1. The SMILES string of the molecule is Clc1ccc2c(c1)C(c1cccs1)=NNC(c1ccccc1)=N2. The summed E-state index contributed by atoms with van der Waals surface area (Å²) in [7, 11) is 0. The van der Waals surface area contributed by atoms with Crippen molar-refractivity contribution >= 4 is 40.2 Å². The lowest BCUT2D eigenvalue weighted by Crippen LogP contribution is -2.19. The minimum Gasteiger partial charge on any atom is -0.260 e. The fraction of sp³-hybridized carbons (Fsp3) is 0. The summed E-state index contributed by atoms with van der Waals surface area (Å²) in [6.07, 6.45) is 0. The molecule has 0 atom stereocenters. The Bertz CT molecular complexity index is 899. The molecule has 3 aromatic rings. The van der Waals surface area contributed by atoms with Gasteiger partial charge in [-0.05, 0) is 29.6 Å². The summed E-state index contributed by atoms with van der Waals surface area (Å²) in [5.41, 5.74) is 6.73. The summed E-state index contributed by atoms with van der Waals surface area (Å²) in [5.74, 6) is 0.723. The second kappa shape index (κ2) is 5.99. The number of halogens is 1. The molecule has 0 saturated carbocycles. The van der Waals surface area contributed by atoms with E-state index in [0.29, 0.717) is 5.02 Å². The van der Waals surface area contributed by atoms with Crippen LogP contribution in [0, 0.1) is 0 Å². The van der Waals surface area contributed by atoms with Crippen molar-refractivity contribution in [3.05, 3.63) is 87.1 Å². The Hall–Kier alpha value is -2.43. The highest BCUT2D eigenvalue weighted by molar-refractivity contribution is 7.12. The Morgan fingerprint density at radius 3 is 2.61 bits per heavy atom. The molecular weight excluding hydrogens is 326 g/mol. The third kappa shape index (κ3) is 2.79. The minimum atomic E-state index is 0.673. The van der Waals surface area contributed by atoms with Crippen LogP contribution in [0.3, 0.4) is 0 Å². The van der Waals surface area contributed by atoms with Gasteiger partial charge in [-0.3, -0.25) is 5.43 Å². The average Bonchev–Trinajstić information content (AvgIpc) is 3.04. The molecule has 0 bridgehead atoms. The Balaban J connectivity index is 1.89. The monoisotopic (exact) mass is 337 g/mol. The van der Waals surface area contributed by atoms with Crippen LogP contribution in [0.1, 0.15) is 16.0 Å². The Morgan fingerprint density at radius 1 is 0.957 bits per heavy atom. The van der Waals surface area contributed by atoms with E-state index in [1.54, 1.807) is 11.3 Å². The van der Waals surface area contributed by atoms with Gasteiger partial charge in [0.2, 0.25) is 0 Å². The number of aliphatic imine (C=N–C) groups is 1. The lowest BCUT2D eigenvalue weighted by atomic mass is 10.1. The number of hydrogen-bond donors (Lipinski definition) is 1. The molecule has 1 aliphatic rings. The number of hydrazone groups is 1. The summed E-state index contributed by atoms with van der Waals surface area (Å²) < 4.78 is 0. The number of nitrogens with one attached hydrogen (secondary N) is 1. The van der Waals surface area contributed by atoms with E-state index in [-0.39, 0.29) is 0 Å². The van der Waals surface area contributed by atoms with Crippen molar-refractivity contribution in [3.8, 4) is 0 Å². The van der Waals surface area contributed by atoms with Crippen LogP contribution in [0.5, 0.6) is 0 Å². The van der Waals surface area contributed by atoms with Crippen LogP contribution in [0.15, 0.2) is 76.1 Å². The molecule has 23 heavy (non-hydrogen) atoms. The van der Waals surface area contributed by atoms with Crippen LogP contribution < -0.4 is 5.43 Å². The number of thiophene rings is 1. The van der Waals surface area contributed by atoms with Crippen molar-refractivity contribution in [1.29, 1.82) is 0 Å². The molecular formula is C18H12ClN3S. The maximum absolute atomic E-state index is 6.19. The average molecular weight is 338 g/mol. The van der Waals surface area contributed by atoms with Crippen molar-refractivity contribution in [2.75, 3.05) is 0 Å². The normalized spacial score (nSPS) is 13.4. The van der Waals surface area contributed by atoms with Gasteiger partial charge in [-0.2, -0.15) is 5.10 Å². The van der Waals surface area contributed by atoms with Crippen molar-refractivity contribution in [2.45, 2.75) is 0 Å². The summed E-state index contributed by atoms with van der Waals surface area (Å²) in [5, 5.41) is 7.30. The third-order valence-corrected chi connectivity index (χ3v) is 4.63. The van der Waals surface area contributed by atoms with Gasteiger partial charge in [0.15, 0.2) is 5.84 Å². The molecule has 0 saturated heterocycles. The van der Waals surface area contributed by atoms with Gasteiger partial charge in [-0.15, -0.1) is 11.3 Å². The number of benzene rings is 2. The maximum Gasteiger partial charge on any atom is 0.154 e. The number of hydrogen-bond acceptors (Lipinski definition) is 4. The van der Waals surface area contributed by atoms with Crippen LogP contribution in [-0.4, -0.2) is 11.5 Å². The van der Waals surface area contributed by atoms with Gasteiger partial charge in [-0.25, -0.2) is 4.99 Å². The smallest absolute Gasteiger partial charge is 0.154 e. The van der Waals surface area contributed by atoms with E-state index in [2.05, 4.69) is 10.5 Å². The van der Waals surface area contributed by atoms with Gasteiger partial charge in [0, 0.05) is 16.1 Å². The molecule has 112 valence electrons. The highest BCUT2D eigenvalue weighted by Crippen LogP contribution is 2.29. The summed E-state index contributed by atoms with van der Waals surface area (Å²) in [6.45, 7) is 0. The molecule has 1 aromatic heterocycles. The summed E-state index contributed by atoms with van der Waals surface area (Å²) in [6, 6.07) is 19.7. The van der Waals surface area contributed by atoms with E-state index >= 15 is 0 Å². The first kappa shape index (κ1) is 14.2. The maximum atomic E-state index is 6.19. The number of amidine groups is 1. The van der Waals surface area contributed by atoms with E-state index in [1.165, 1.54) is 0 Å². The molecule has 2 heterocycles. The predicted octanol–water partition coefficient (Wildman–Crippen LogP) is 4.84. The van der Waals surface area contributed by atoms with Crippen LogP contribution in [0.25, 0.3) is 0 Å². The molecule has 1 N–H and O–H groups in total. The predicted molar refractivity (Wildman–Crippen MR) is 97.2 cm³/mol. The van der Waals surface area contributed by atoms with Crippen molar-refractivity contribution in [2.24, 2.45) is 10.1 Å². The second-order valence-electron chi connectivity index (χ2n) is 5.04. The van der Waals surface area contributed by atoms with Gasteiger partial charge < -0.3 is 0 Å². The Morgan fingerprint density at radius 2 is 1.83 bits per heavy atom.